The van der Waals surface area contributed by atoms with Crippen LogP contribution in [0, 0.1) is 0 Å². The maximum Gasteiger partial charge on any atom is 0.220 e. The zero-order valence-electron chi connectivity index (χ0n) is 55.0. The van der Waals surface area contributed by atoms with E-state index in [0.29, 0.717) is 6.42 Å². The third-order valence-corrected chi connectivity index (χ3v) is 17.7. The van der Waals surface area contributed by atoms with Crippen LogP contribution in [-0.4, -0.2) is 87.5 Å². The first kappa shape index (κ1) is 79.4. The third kappa shape index (κ3) is 52.1. The Bertz CT molecular complexity index is 1410. The van der Waals surface area contributed by atoms with E-state index in [1.54, 1.807) is 6.08 Å². The molecule has 1 heterocycles. The Balaban J connectivity index is 2.07. The summed E-state index contributed by atoms with van der Waals surface area (Å²) in [6.45, 7) is 3.84. The van der Waals surface area contributed by atoms with Gasteiger partial charge in [-0.05, 0) is 51.4 Å². The van der Waals surface area contributed by atoms with Crippen molar-refractivity contribution in [2.24, 2.45) is 0 Å². The fraction of sp³-hybridized carbons (Fsp3) is 0.905. The first-order chi connectivity index (χ1) is 40.8. The van der Waals surface area contributed by atoms with Gasteiger partial charge in [0, 0.05) is 6.42 Å². The van der Waals surface area contributed by atoms with Crippen LogP contribution in [0.15, 0.2) is 36.5 Å². The van der Waals surface area contributed by atoms with Crippen LogP contribution in [0.2, 0.25) is 0 Å². The highest BCUT2D eigenvalue weighted by atomic mass is 16.7. The Morgan fingerprint density at radius 1 is 0.410 bits per heavy atom. The van der Waals surface area contributed by atoms with Crippen molar-refractivity contribution >= 4 is 5.91 Å². The Hall–Kier alpha value is -1.59. The number of unbranched alkanes of at least 4 members (excludes halogenated alkanes) is 51. The number of ether oxygens (including phenoxy) is 2. The van der Waals surface area contributed by atoms with Crippen molar-refractivity contribution in [2.45, 2.75) is 416 Å². The quantitative estimate of drug-likeness (QED) is 0.0261. The van der Waals surface area contributed by atoms with Gasteiger partial charge in [-0.2, -0.15) is 0 Å². The molecule has 0 aromatic rings. The van der Waals surface area contributed by atoms with E-state index in [-0.39, 0.29) is 12.5 Å². The molecule has 9 heteroatoms. The maximum atomic E-state index is 13.1. The van der Waals surface area contributed by atoms with E-state index in [2.05, 4.69) is 43.5 Å². The average molecular weight is 1170 g/mol. The molecule has 1 aliphatic rings. The molecule has 6 N–H and O–H groups in total. The van der Waals surface area contributed by atoms with Crippen molar-refractivity contribution in [1.82, 2.24) is 5.32 Å². The molecule has 7 unspecified atom stereocenters. The minimum absolute atomic E-state index is 0.170. The minimum atomic E-state index is -1.57. The lowest BCUT2D eigenvalue weighted by Gasteiger charge is -2.40. The lowest BCUT2D eigenvalue weighted by atomic mass is 9.99. The second-order valence-corrected chi connectivity index (χ2v) is 25.7. The molecule has 0 aromatic carbocycles. The van der Waals surface area contributed by atoms with E-state index in [4.69, 9.17) is 9.47 Å². The van der Waals surface area contributed by atoms with Gasteiger partial charge in [-0.15, -0.1) is 0 Å². The summed E-state index contributed by atoms with van der Waals surface area (Å²) in [6, 6.07) is -0.805. The number of allylic oxidation sites excluding steroid dienone is 5. The highest BCUT2D eigenvalue weighted by Gasteiger charge is 2.44. The summed E-state index contributed by atoms with van der Waals surface area (Å²) in [5.74, 6) is -0.170. The molecule has 9 nitrogen and oxygen atoms in total. The van der Waals surface area contributed by atoms with Gasteiger partial charge in [-0.1, -0.05) is 352 Å². The minimum Gasteiger partial charge on any atom is -0.394 e. The van der Waals surface area contributed by atoms with Crippen LogP contribution in [-0.2, 0) is 14.3 Å². The lowest BCUT2D eigenvalue weighted by molar-refractivity contribution is -0.302. The monoisotopic (exact) mass is 1170 g/mol. The molecule has 0 spiro atoms. The van der Waals surface area contributed by atoms with Crippen molar-refractivity contribution in [3.63, 3.8) is 0 Å². The summed E-state index contributed by atoms with van der Waals surface area (Å²) in [5, 5.41) is 54.8. The molecule has 7 atom stereocenters. The number of hydrogen-bond acceptors (Lipinski definition) is 8. The molecule has 0 bridgehead atoms. The van der Waals surface area contributed by atoms with Crippen LogP contribution in [0.1, 0.15) is 373 Å². The van der Waals surface area contributed by atoms with Gasteiger partial charge in [0.05, 0.1) is 25.4 Å². The smallest absolute Gasteiger partial charge is 0.220 e. The second kappa shape index (κ2) is 63.4. The van der Waals surface area contributed by atoms with Gasteiger partial charge < -0.3 is 40.3 Å². The van der Waals surface area contributed by atoms with E-state index in [1.807, 2.05) is 6.08 Å². The van der Waals surface area contributed by atoms with E-state index in [9.17, 15) is 30.3 Å². The van der Waals surface area contributed by atoms with Crippen LogP contribution in [0.25, 0.3) is 0 Å². The Morgan fingerprint density at radius 3 is 1.04 bits per heavy atom. The average Bonchev–Trinajstić information content (AvgIpc) is 3.60. The van der Waals surface area contributed by atoms with E-state index in [0.717, 1.165) is 44.9 Å². The van der Waals surface area contributed by atoms with Gasteiger partial charge in [0.1, 0.15) is 24.4 Å². The van der Waals surface area contributed by atoms with Gasteiger partial charge in [0.2, 0.25) is 5.91 Å². The van der Waals surface area contributed by atoms with E-state index >= 15 is 0 Å². The van der Waals surface area contributed by atoms with Crippen LogP contribution >= 0.6 is 0 Å². The maximum absolute atomic E-state index is 13.1. The number of carbonyl (C=O) groups excluding carboxylic acids is 1. The number of nitrogens with one attached hydrogen (secondary N) is 1. The van der Waals surface area contributed by atoms with Gasteiger partial charge in [-0.3, -0.25) is 4.79 Å². The molecule has 0 saturated carbocycles. The van der Waals surface area contributed by atoms with Crippen molar-refractivity contribution in [1.29, 1.82) is 0 Å². The van der Waals surface area contributed by atoms with Gasteiger partial charge in [0.25, 0.3) is 0 Å². The number of hydrogen-bond donors (Lipinski definition) is 6. The highest BCUT2D eigenvalue weighted by Crippen LogP contribution is 2.24. The molecular weight excluding hydrogens is 1030 g/mol. The molecular formula is C74H141NO8. The summed E-state index contributed by atoms with van der Waals surface area (Å²) in [4.78, 5) is 13.1. The summed E-state index contributed by atoms with van der Waals surface area (Å²) in [6.07, 6.45) is 78.4. The van der Waals surface area contributed by atoms with Crippen LogP contribution in [0.3, 0.4) is 0 Å². The van der Waals surface area contributed by atoms with E-state index in [1.165, 1.54) is 308 Å². The van der Waals surface area contributed by atoms with Crippen molar-refractivity contribution < 1.29 is 39.8 Å². The third-order valence-electron chi connectivity index (χ3n) is 17.7. The number of rotatable bonds is 65. The number of amides is 1. The SMILES string of the molecule is CCCCCCCCCCCCCCCCC/C=C\C/C=C\CCCCCCCCCCCCCCCCCCCC(=O)NC(COC1OC(CO)C(O)C(O)C1O)C(O)/C=C/CCCCCCCCCCCCCCCCCCCCC. The van der Waals surface area contributed by atoms with E-state index < -0.39 is 49.5 Å². The molecule has 1 saturated heterocycles. The van der Waals surface area contributed by atoms with Crippen molar-refractivity contribution in [2.75, 3.05) is 13.2 Å². The molecule has 0 radical (unpaired) electrons. The molecule has 83 heavy (non-hydrogen) atoms. The fourth-order valence-electron chi connectivity index (χ4n) is 12.0. The topological polar surface area (TPSA) is 149 Å². The molecule has 0 aliphatic carbocycles. The summed E-state index contributed by atoms with van der Waals surface area (Å²) < 4.78 is 11.3. The Kier molecular flexibility index (Phi) is 60.7. The van der Waals surface area contributed by atoms with Crippen LogP contribution in [0.4, 0.5) is 0 Å². The van der Waals surface area contributed by atoms with Crippen molar-refractivity contribution in [3.05, 3.63) is 36.5 Å². The zero-order chi connectivity index (χ0) is 60.0. The predicted molar refractivity (Wildman–Crippen MR) is 355 cm³/mol. The first-order valence-corrected chi connectivity index (χ1v) is 36.7. The molecule has 490 valence electrons. The summed E-state index contributed by atoms with van der Waals surface area (Å²) >= 11 is 0. The molecule has 1 aliphatic heterocycles. The van der Waals surface area contributed by atoms with Crippen LogP contribution < -0.4 is 5.32 Å². The normalized spacial score (nSPS) is 18.4. The predicted octanol–water partition coefficient (Wildman–Crippen LogP) is 20.2. The summed E-state index contributed by atoms with van der Waals surface area (Å²) in [5.41, 5.74) is 0. The lowest BCUT2D eigenvalue weighted by Crippen LogP contribution is -2.60. The molecule has 1 rings (SSSR count). The Morgan fingerprint density at radius 2 is 0.711 bits per heavy atom. The number of carbonyl (C=O) groups is 1. The van der Waals surface area contributed by atoms with Gasteiger partial charge in [-0.25, -0.2) is 0 Å². The summed E-state index contributed by atoms with van der Waals surface area (Å²) in [7, 11) is 0. The fourth-order valence-corrected chi connectivity index (χ4v) is 12.0. The Labute approximate surface area is 514 Å². The molecule has 1 amide bonds. The molecule has 0 aromatic heterocycles. The van der Waals surface area contributed by atoms with Crippen LogP contribution in [0.5, 0.6) is 0 Å². The van der Waals surface area contributed by atoms with Gasteiger partial charge in [0.15, 0.2) is 6.29 Å². The first-order valence-electron chi connectivity index (χ1n) is 36.7. The van der Waals surface area contributed by atoms with Gasteiger partial charge >= 0.3 is 0 Å². The standard InChI is InChI=1S/C74H141NO8/c1-3-5-7-9-11-13-15-17-19-21-23-25-26-27-28-29-30-31-32-33-34-35-36-37-38-39-40-41-42-44-46-48-50-52-54-56-58-60-62-64-70(78)75-67(66-82-74-73(81)72(80)71(79)69(65-76)83-74)68(77)63-61-59-57-55-53-51-49-47-45-43-24-22-20-18-16-14-12-10-8-6-4-2/h30-31,33-34,61,63,67-69,71-74,76-77,79-81H,3-29,32,35-60,62,64-66H2,1-2H3,(H,75,78)/b31-30-,34-33-,63-61+. The molecule has 1 fully saturated rings. The largest absolute Gasteiger partial charge is 0.394 e. The number of aliphatic hydroxyl groups excluding tert-OH is 5. The second-order valence-electron chi connectivity index (χ2n) is 25.7. The highest BCUT2D eigenvalue weighted by molar-refractivity contribution is 5.76. The van der Waals surface area contributed by atoms with Crippen molar-refractivity contribution in [3.8, 4) is 0 Å². The zero-order valence-corrected chi connectivity index (χ0v) is 55.0. The number of aliphatic hydroxyl groups is 5.